The van der Waals surface area contributed by atoms with Crippen molar-refractivity contribution in [2.75, 3.05) is 27.3 Å². The molecular formula is C12H17N3O5. The summed E-state index contributed by atoms with van der Waals surface area (Å²) in [6.45, 7) is -0.211. The molecule has 1 aromatic heterocycles. The summed E-state index contributed by atoms with van der Waals surface area (Å²) in [4.78, 5) is 35.6. The van der Waals surface area contributed by atoms with Crippen LogP contribution in [0.15, 0.2) is 18.5 Å². The highest BCUT2D eigenvalue weighted by atomic mass is 16.5. The number of aryl methyl sites for hydroxylation is 1. The molecular weight excluding hydrogens is 266 g/mol. The minimum atomic E-state index is -0.596. The number of nitrogens with zero attached hydrogens (tertiary/aromatic N) is 3. The van der Waals surface area contributed by atoms with Crippen molar-refractivity contribution in [3.63, 3.8) is 0 Å². The smallest absolute Gasteiger partial charge is 0.325 e. The zero-order valence-corrected chi connectivity index (χ0v) is 11.4. The second-order valence-electron chi connectivity index (χ2n) is 3.92. The summed E-state index contributed by atoms with van der Waals surface area (Å²) in [5.41, 5.74) is 0. The monoisotopic (exact) mass is 283 g/mol. The van der Waals surface area contributed by atoms with Crippen molar-refractivity contribution in [3.8, 4) is 0 Å². The Labute approximate surface area is 116 Å². The lowest BCUT2D eigenvalue weighted by atomic mass is 10.3. The fourth-order valence-electron chi connectivity index (χ4n) is 1.47. The van der Waals surface area contributed by atoms with Gasteiger partial charge in [-0.3, -0.25) is 19.1 Å². The van der Waals surface area contributed by atoms with Gasteiger partial charge < -0.3 is 14.4 Å². The van der Waals surface area contributed by atoms with Crippen molar-refractivity contribution in [1.29, 1.82) is 0 Å². The number of hydrogen-bond donors (Lipinski definition) is 0. The van der Waals surface area contributed by atoms with Gasteiger partial charge in [0.1, 0.15) is 13.1 Å². The molecule has 0 radical (unpaired) electrons. The number of esters is 2. The van der Waals surface area contributed by atoms with Crippen LogP contribution in [0.4, 0.5) is 0 Å². The van der Waals surface area contributed by atoms with Crippen molar-refractivity contribution in [2.45, 2.75) is 13.0 Å². The Kier molecular flexibility index (Phi) is 6.21. The predicted molar refractivity (Wildman–Crippen MR) is 67.5 cm³/mol. The molecule has 0 aromatic carbocycles. The zero-order chi connectivity index (χ0) is 15.0. The largest absolute Gasteiger partial charge is 0.468 e. The molecule has 0 atom stereocenters. The molecule has 0 bridgehead atoms. The van der Waals surface area contributed by atoms with E-state index in [0.717, 1.165) is 4.90 Å². The van der Waals surface area contributed by atoms with E-state index in [1.54, 1.807) is 23.1 Å². The van der Waals surface area contributed by atoms with Gasteiger partial charge in [-0.25, -0.2) is 0 Å². The molecule has 1 amide bonds. The van der Waals surface area contributed by atoms with Gasteiger partial charge in [-0.1, -0.05) is 0 Å². The summed E-state index contributed by atoms with van der Waals surface area (Å²) >= 11 is 0. The van der Waals surface area contributed by atoms with Gasteiger partial charge in [0.2, 0.25) is 5.91 Å². The van der Waals surface area contributed by atoms with E-state index in [1.807, 2.05) is 0 Å². The van der Waals surface area contributed by atoms with Gasteiger partial charge in [-0.2, -0.15) is 5.10 Å². The van der Waals surface area contributed by atoms with Gasteiger partial charge in [-0.15, -0.1) is 0 Å². The van der Waals surface area contributed by atoms with Crippen molar-refractivity contribution >= 4 is 17.8 Å². The highest BCUT2D eigenvalue weighted by Gasteiger charge is 2.20. The Bertz CT molecular complexity index is 440. The van der Waals surface area contributed by atoms with Crippen LogP contribution in [-0.2, 0) is 30.4 Å². The summed E-state index contributed by atoms with van der Waals surface area (Å²) in [6.07, 6.45) is 3.44. The summed E-state index contributed by atoms with van der Waals surface area (Å²) in [5.74, 6) is -1.54. The van der Waals surface area contributed by atoms with Crippen molar-refractivity contribution < 1.29 is 23.9 Å². The lowest BCUT2D eigenvalue weighted by Gasteiger charge is -2.20. The lowest BCUT2D eigenvalue weighted by molar-refractivity contribution is -0.152. The number of carbonyl (C=O) groups is 3. The normalized spacial score (nSPS) is 9.90. The molecule has 1 aromatic rings. The van der Waals surface area contributed by atoms with Crippen molar-refractivity contribution in [1.82, 2.24) is 14.7 Å². The number of aromatic nitrogens is 2. The summed E-state index contributed by atoms with van der Waals surface area (Å²) in [5, 5.41) is 3.96. The molecule has 0 unspecified atom stereocenters. The van der Waals surface area contributed by atoms with E-state index < -0.39 is 11.9 Å². The Balaban J connectivity index is 2.57. The first-order valence-corrected chi connectivity index (χ1v) is 5.95. The maximum atomic E-state index is 12.0. The molecule has 1 heterocycles. The molecule has 1 rings (SSSR count). The van der Waals surface area contributed by atoms with Gasteiger partial charge in [-0.05, 0) is 6.07 Å². The fraction of sp³-hybridized carbons (Fsp3) is 0.500. The Hall–Kier alpha value is -2.38. The molecule has 0 fully saturated rings. The van der Waals surface area contributed by atoms with Crippen LogP contribution in [0.25, 0.3) is 0 Å². The van der Waals surface area contributed by atoms with Crippen LogP contribution < -0.4 is 0 Å². The topological polar surface area (TPSA) is 90.7 Å². The molecule has 8 heteroatoms. The maximum absolute atomic E-state index is 12.0. The van der Waals surface area contributed by atoms with Crippen LogP contribution in [0.2, 0.25) is 0 Å². The third-order valence-electron chi connectivity index (χ3n) is 2.56. The van der Waals surface area contributed by atoms with E-state index in [-0.39, 0.29) is 25.4 Å². The predicted octanol–water partition coefficient (Wildman–Crippen LogP) is -0.552. The lowest BCUT2D eigenvalue weighted by Crippen LogP contribution is -2.40. The molecule has 20 heavy (non-hydrogen) atoms. The van der Waals surface area contributed by atoms with Gasteiger partial charge in [0.25, 0.3) is 0 Å². The van der Waals surface area contributed by atoms with E-state index in [1.165, 1.54) is 14.2 Å². The third kappa shape index (κ3) is 5.09. The minimum Gasteiger partial charge on any atom is -0.468 e. The average Bonchev–Trinajstić information content (AvgIpc) is 2.96. The van der Waals surface area contributed by atoms with E-state index in [9.17, 15) is 14.4 Å². The third-order valence-corrected chi connectivity index (χ3v) is 2.56. The number of carbonyl (C=O) groups excluding carboxylic acids is 3. The van der Waals surface area contributed by atoms with Crippen LogP contribution in [0.3, 0.4) is 0 Å². The highest BCUT2D eigenvalue weighted by molar-refractivity contribution is 5.85. The van der Waals surface area contributed by atoms with Crippen LogP contribution in [0, 0.1) is 0 Å². The standard InChI is InChI=1S/C12H17N3O5/c1-19-11(17)8-14(9-12(18)20-2)10(16)4-7-15-6-3-5-13-15/h3,5-6H,4,7-9H2,1-2H3. The van der Waals surface area contributed by atoms with Crippen LogP contribution in [0.1, 0.15) is 6.42 Å². The van der Waals surface area contributed by atoms with Crippen molar-refractivity contribution in [3.05, 3.63) is 18.5 Å². The second kappa shape index (κ2) is 7.93. The molecule has 0 aliphatic rings. The minimum absolute atomic E-state index is 0.121. The first kappa shape index (κ1) is 15.7. The van der Waals surface area contributed by atoms with Gasteiger partial charge in [0.15, 0.2) is 0 Å². The van der Waals surface area contributed by atoms with Crippen molar-refractivity contribution in [2.24, 2.45) is 0 Å². The van der Waals surface area contributed by atoms with Crippen LogP contribution in [-0.4, -0.2) is 59.8 Å². The second-order valence-corrected chi connectivity index (χ2v) is 3.92. The summed E-state index contributed by atoms with van der Waals surface area (Å²) < 4.78 is 10.6. The molecule has 0 aliphatic heterocycles. The van der Waals surface area contributed by atoms with Crippen LogP contribution >= 0.6 is 0 Å². The number of methoxy groups -OCH3 is 2. The van der Waals surface area contributed by atoms with Crippen LogP contribution in [0.5, 0.6) is 0 Å². The van der Waals surface area contributed by atoms with E-state index in [2.05, 4.69) is 14.6 Å². The van der Waals surface area contributed by atoms with Gasteiger partial charge >= 0.3 is 11.9 Å². The number of amides is 1. The quantitative estimate of drug-likeness (QED) is 0.623. The molecule has 0 saturated carbocycles. The zero-order valence-electron chi connectivity index (χ0n) is 11.4. The summed E-state index contributed by atoms with van der Waals surface area (Å²) in [6, 6.07) is 1.74. The maximum Gasteiger partial charge on any atom is 0.325 e. The highest BCUT2D eigenvalue weighted by Crippen LogP contribution is 1.99. The molecule has 0 N–H and O–H groups in total. The number of ether oxygens (including phenoxy) is 2. The van der Waals surface area contributed by atoms with Gasteiger partial charge in [0.05, 0.1) is 14.2 Å². The summed E-state index contributed by atoms with van der Waals surface area (Å²) in [7, 11) is 2.43. The Morgan fingerprint density at radius 1 is 1.15 bits per heavy atom. The first-order valence-electron chi connectivity index (χ1n) is 5.95. The van der Waals surface area contributed by atoms with E-state index >= 15 is 0 Å². The average molecular weight is 283 g/mol. The Morgan fingerprint density at radius 2 is 1.75 bits per heavy atom. The van der Waals surface area contributed by atoms with E-state index in [0.29, 0.717) is 6.54 Å². The number of rotatable bonds is 7. The molecule has 0 saturated heterocycles. The van der Waals surface area contributed by atoms with Gasteiger partial charge in [0, 0.05) is 25.4 Å². The van der Waals surface area contributed by atoms with E-state index in [4.69, 9.17) is 0 Å². The molecule has 0 spiro atoms. The fourth-order valence-corrected chi connectivity index (χ4v) is 1.47. The molecule has 110 valence electrons. The SMILES string of the molecule is COC(=O)CN(CC(=O)OC)C(=O)CCn1cccn1. The Morgan fingerprint density at radius 3 is 2.20 bits per heavy atom. The molecule has 0 aliphatic carbocycles. The molecule has 8 nitrogen and oxygen atoms in total. The number of hydrogen-bond acceptors (Lipinski definition) is 6. The first-order chi connectivity index (χ1) is 9.56.